The van der Waals surface area contributed by atoms with Crippen molar-refractivity contribution in [3.63, 3.8) is 0 Å². The van der Waals surface area contributed by atoms with Crippen LogP contribution in [0.5, 0.6) is 5.75 Å². The third-order valence-electron chi connectivity index (χ3n) is 18.2. The molecule has 8 heterocycles. The number of esters is 1. The van der Waals surface area contributed by atoms with Gasteiger partial charge in [-0.1, -0.05) is 54.3 Å². The number of fused-ring (bicyclic) bond motifs is 4. The zero-order chi connectivity index (χ0) is 83.6. The summed E-state index contributed by atoms with van der Waals surface area (Å²) in [6.07, 6.45) is 7.93. The number of hydrogen-bond donors (Lipinski definition) is 2. The van der Waals surface area contributed by atoms with Crippen LogP contribution in [0.15, 0.2) is 91.5 Å². The van der Waals surface area contributed by atoms with E-state index >= 15 is 0 Å². The van der Waals surface area contributed by atoms with Crippen molar-refractivity contribution < 1.29 is 94.5 Å². The second-order valence-corrected chi connectivity index (χ2v) is 32.8. The van der Waals surface area contributed by atoms with Gasteiger partial charge in [-0.15, -0.1) is 0 Å². The van der Waals surface area contributed by atoms with Crippen LogP contribution in [0.2, 0.25) is 0 Å². The predicted molar refractivity (Wildman–Crippen MR) is 423 cm³/mol. The van der Waals surface area contributed by atoms with Gasteiger partial charge in [0.2, 0.25) is 30.9 Å². The number of aryl methyl sites for hydroxylation is 2. The third kappa shape index (κ3) is 27.3. The largest absolute Gasteiger partial charge is 0.444 e. The Bertz CT molecular complexity index is 4770. The normalized spacial score (nSPS) is 15.8. The summed E-state index contributed by atoms with van der Waals surface area (Å²) < 4.78 is 192. The number of benzene rings is 4. The SMILES string of the molecule is C.C.C.CCc1cnn2c1CN(C(=O)OC(C)(C)C)[C@@H](C)C2.CCc1cnn2c1CN[C@@H](C)C2.CNc1cnn2c1CN(C(=O)Cc1cc(F)c(F)c(F)c1)[C@@H](C)C2.COCCS(=O)(=O)Cl.COCCS(=O)(=O)N(C)c1cnn2c1CN(C(=O)Cc1cc(F)c(F)c(F)c1)[C@@H](C)C2.O=C(Cc1cc(F)c(F)c(F)c1)Oc1ccccc1. The summed E-state index contributed by atoms with van der Waals surface area (Å²) in [5, 5.41) is 23.7. The number of sulfonamides is 1. The number of nitrogens with zero attached hydrogens (tertiary/aromatic N) is 12. The number of carbonyl (C=O) groups is 4. The molecule has 0 aliphatic carbocycles. The molecule has 642 valence electrons. The van der Waals surface area contributed by atoms with Gasteiger partial charge in [0.1, 0.15) is 11.4 Å². The monoisotopic (exact) mass is 1700 g/mol. The molecule has 0 fully saturated rings. The van der Waals surface area contributed by atoms with Gasteiger partial charge in [-0.25, -0.2) is 61.1 Å². The van der Waals surface area contributed by atoms with Gasteiger partial charge < -0.3 is 39.4 Å². The first-order valence-corrected chi connectivity index (χ1v) is 40.0. The smallest absolute Gasteiger partial charge is 0.410 e. The molecule has 2 N–H and O–H groups in total. The Morgan fingerprint density at radius 2 is 0.957 bits per heavy atom. The van der Waals surface area contributed by atoms with Gasteiger partial charge in [0.25, 0.3) is 0 Å². The minimum atomic E-state index is -3.66. The van der Waals surface area contributed by atoms with E-state index < -0.39 is 88.9 Å². The fraction of sp³-hybridized carbons (Fsp3) is 0.487. The Morgan fingerprint density at radius 3 is 1.40 bits per heavy atom. The number of amides is 3. The molecule has 0 spiro atoms. The number of halogens is 10. The van der Waals surface area contributed by atoms with Crippen LogP contribution in [-0.4, -0.2) is 177 Å². The maximum Gasteiger partial charge on any atom is 0.410 e. The molecule has 4 aliphatic rings. The van der Waals surface area contributed by atoms with Crippen LogP contribution < -0.4 is 19.7 Å². The number of anilines is 2. The van der Waals surface area contributed by atoms with E-state index in [9.17, 15) is 75.5 Å². The minimum Gasteiger partial charge on any atom is -0.444 e. The fourth-order valence-corrected chi connectivity index (χ4v) is 13.8. The molecular weight excluding hydrogens is 1600 g/mol. The van der Waals surface area contributed by atoms with Crippen molar-refractivity contribution in [2.45, 2.75) is 199 Å². The Hall–Kier alpha value is -9.56. The highest BCUT2D eigenvalue weighted by molar-refractivity contribution is 8.13. The van der Waals surface area contributed by atoms with Crippen molar-refractivity contribution in [3.8, 4) is 5.75 Å². The Morgan fingerprint density at radius 1 is 0.560 bits per heavy atom. The van der Waals surface area contributed by atoms with Crippen LogP contribution in [0.4, 0.5) is 55.7 Å². The maximum absolute atomic E-state index is 13.5. The zero-order valence-electron chi connectivity index (χ0n) is 64.9. The number of para-hydroxylation sites is 1. The van der Waals surface area contributed by atoms with Gasteiger partial charge in [0.05, 0.1) is 155 Å². The van der Waals surface area contributed by atoms with Crippen molar-refractivity contribution in [2.75, 3.05) is 62.7 Å². The van der Waals surface area contributed by atoms with Gasteiger partial charge in [0.15, 0.2) is 52.4 Å². The summed E-state index contributed by atoms with van der Waals surface area (Å²) in [7, 11) is 3.80. The van der Waals surface area contributed by atoms with E-state index in [-0.39, 0.29) is 120 Å². The molecule has 0 radical (unpaired) electrons. The lowest BCUT2D eigenvalue weighted by molar-refractivity contribution is -0.135. The van der Waals surface area contributed by atoms with E-state index in [1.807, 2.05) is 56.4 Å². The van der Waals surface area contributed by atoms with Crippen molar-refractivity contribution in [2.24, 2.45) is 0 Å². The van der Waals surface area contributed by atoms with E-state index in [0.29, 0.717) is 49.4 Å². The standard InChI is InChI=1S/C19H23F3N4O4S.C16H17F3N4O.C14H9F3O2.C14H23N3O2.C9H15N3.C3H7ClO3S.3CH4/c1-12-10-26-17(16(9-23-26)24(2)31(28,29)5-4-30-3)11-25(12)18(27)8-13-6-14(20)19(22)15(21)7-13;1-9-7-23-14(13(20-2)6-21-23)8-22(9)15(24)5-10-3-11(17)16(19)12(18)4-10;15-11-6-9(7-12(16)14(11)17)8-13(18)19-10-4-2-1-3-5-10;1-6-11-7-15-17-8-10(2)16(9-12(11)17)13(18)19-14(3,4)5;1-3-8-4-11-12-6-7(2)10-5-9(8)12;1-7-2-3-8(4,5)6;;;/h6-7,9,12H,4-5,8,10-11H2,1-3H3;3-4,6,9,20H,5,7-8H2,1-2H3;1-7H,8H2;7,10H,6,8-9H2,1-5H3;4,7,10H,3,5-6H2,1-2H3;2-3H2,1H3;3*1H4/t12-;9-;;10-;7-;;;;/m00.00..../s1. The second kappa shape index (κ2) is 44.1. The summed E-state index contributed by atoms with van der Waals surface area (Å²) in [5.74, 6) is -14.0. The average Bonchev–Trinajstić information content (AvgIpc) is 1.60. The molecule has 12 rings (SSSR count). The van der Waals surface area contributed by atoms with E-state index in [1.54, 1.807) is 65.0 Å². The summed E-state index contributed by atoms with van der Waals surface area (Å²) in [6, 6.07) is 13.3. The van der Waals surface area contributed by atoms with Gasteiger partial charge in [0, 0.05) is 63.7 Å². The number of rotatable bonds is 18. The maximum atomic E-state index is 13.5. The quantitative estimate of drug-likeness (QED) is 0.0265. The molecule has 26 nitrogen and oxygen atoms in total. The van der Waals surface area contributed by atoms with Crippen molar-refractivity contribution in [1.29, 1.82) is 0 Å². The summed E-state index contributed by atoms with van der Waals surface area (Å²) in [5.41, 5.74) is 7.32. The number of aromatic nitrogens is 8. The first-order valence-electron chi connectivity index (χ1n) is 35.9. The summed E-state index contributed by atoms with van der Waals surface area (Å²) >= 11 is 0. The Balaban J connectivity index is 0.000000303. The Labute approximate surface area is 677 Å². The van der Waals surface area contributed by atoms with E-state index in [0.717, 1.165) is 90.3 Å². The van der Waals surface area contributed by atoms with Gasteiger partial charge >= 0.3 is 12.1 Å². The lowest BCUT2D eigenvalue weighted by Gasteiger charge is -2.35. The molecule has 4 atom stereocenters. The highest BCUT2D eigenvalue weighted by Crippen LogP contribution is 2.31. The number of hydrogen-bond acceptors (Lipinski definition) is 18. The number of ether oxygens (including phenoxy) is 4. The molecular formula is C78H106ClF9N14O12S2. The number of nitrogens with one attached hydrogen (secondary N) is 2. The van der Waals surface area contributed by atoms with Gasteiger partial charge in [-0.3, -0.25) is 42.3 Å². The summed E-state index contributed by atoms with van der Waals surface area (Å²) in [6.45, 7) is 22.6. The number of carbonyl (C=O) groups excluding carboxylic acids is 4. The topological polar surface area (TPSA) is 282 Å². The lowest BCUT2D eigenvalue weighted by atomic mass is 10.1. The minimum absolute atomic E-state index is 0. The van der Waals surface area contributed by atoms with Crippen LogP contribution in [0.1, 0.15) is 135 Å². The molecule has 4 aliphatic heterocycles. The molecule has 0 unspecified atom stereocenters. The van der Waals surface area contributed by atoms with Crippen LogP contribution in [0, 0.1) is 52.4 Å². The van der Waals surface area contributed by atoms with Crippen molar-refractivity contribution in [3.05, 3.63) is 194 Å². The second-order valence-electron chi connectivity index (χ2n) is 27.8. The Kier molecular flexibility index (Phi) is 37.6. The van der Waals surface area contributed by atoms with Crippen LogP contribution >= 0.6 is 10.7 Å². The molecule has 116 heavy (non-hydrogen) atoms. The van der Waals surface area contributed by atoms with Crippen LogP contribution in [-0.2, 0) is 132 Å². The van der Waals surface area contributed by atoms with Crippen molar-refractivity contribution >= 4 is 65.0 Å². The van der Waals surface area contributed by atoms with E-state index in [2.05, 4.69) is 61.2 Å². The lowest BCUT2D eigenvalue weighted by Crippen LogP contribution is -2.47. The highest BCUT2D eigenvalue weighted by atomic mass is 35.7. The van der Waals surface area contributed by atoms with Crippen LogP contribution in [0.25, 0.3) is 0 Å². The highest BCUT2D eigenvalue weighted by Gasteiger charge is 2.36. The molecule has 4 aromatic heterocycles. The predicted octanol–water partition coefficient (Wildman–Crippen LogP) is 12.9. The third-order valence-corrected chi connectivity index (χ3v) is 21.0. The van der Waals surface area contributed by atoms with E-state index in [1.165, 1.54) is 49.2 Å². The molecule has 0 bridgehead atoms. The number of methoxy groups -OCH3 is 2. The van der Waals surface area contributed by atoms with Crippen LogP contribution in [0.3, 0.4) is 0 Å². The molecule has 8 aromatic rings. The van der Waals surface area contributed by atoms with E-state index in [4.69, 9.17) is 24.9 Å². The first kappa shape index (κ1) is 98.8. The van der Waals surface area contributed by atoms with Gasteiger partial charge in [-0.2, -0.15) is 20.4 Å². The first-order chi connectivity index (χ1) is 53.2. The molecule has 0 saturated heterocycles. The fourth-order valence-electron chi connectivity index (χ4n) is 12.1. The molecule has 38 heteroatoms. The van der Waals surface area contributed by atoms with Gasteiger partial charge in [-0.05, 0) is 138 Å². The molecule has 0 saturated carbocycles. The molecule has 4 aromatic carbocycles. The summed E-state index contributed by atoms with van der Waals surface area (Å²) in [4.78, 5) is 54.1. The van der Waals surface area contributed by atoms with Crippen molar-refractivity contribution in [1.82, 2.24) is 59.1 Å². The molecule has 3 amide bonds. The average molecular weight is 1700 g/mol. The zero-order valence-corrected chi connectivity index (χ0v) is 67.2.